The van der Waals surface area contributed by atoms with E-state index in [2.05, 4.69) is 80.0 Å². The lowest BCUT2D eigenvalue weighted by Gasteiger charge is -2.34. The van der Waals surface area contributed by atoms with Gasteiger partial charge < -0.3 is 14.7 Å². The lowest BCUT2D eigenvalue weighted by atomic mass is 10.1. The van der Waals surface area contributed by atoms with Crippen molar-refractivity contribution in [2.24, 2.45) is 0 Å². The van der Waals surface area contributed by atoms with Crippen LogP contribution in [0.4, 0.5) is 11.4 Å². The van der Waals surface area contributed by atoms with Crippen molar-refractivity contribution < 1.29 is 4.90 Å². The SMILES string of the molecule is CCN(CC)c1ccc(C[NH+]2CCN(c3cccc(C)c3C)CC2)cc1. The van der Waals surface area contributed by atoms with Crippen LogP contribution in [0.3, 0.4) is 0 Å². The second-order valence-corrected chi connectivity index (χ2v) is 7.47. The van der Waals surface area contributed by atoms with Gasteiger partial charge in [0.15, 0.2) is 0 Å². The molecule has 3 rings (SSSR count). The summed E-state index contributed by atoms with van der Waals surface area (Å²) in [5, 5.41) is 0. The Labute approximate surface area is 159 Å². The average molecular weight is 353 g/mol. The highest BCUT2D eigenvalue weighted by Crippen LogP contribution is 2.22. The monoisotopic (exact) mass is 352 g/mol. The predicted molar refractivity (Wildman–Crippen MR) is 113 cm³/mol. The molecule has 0 bridgehead atoms. The van der Waals surface area contributed by atoms with E-state index >= 15 is 0 Å². The Kier molecular flexibility index (Phi) is 6.20. The minimum atomic E-state index is 1.07. The molecule has 1 N–H and O–H groups in total. The van der Waals surface area contributed by atoms with Crippen molar-refractivity contribution >= 4 is 11.4 Å². The van der Waals surface area contributed by atoms with Gasteiger partial charge in [-0.2, -0.15) is 0 Å². The number of anilines is 2. The first-order valence-electron chi connectivity index (χ1n) is 10.1. The number of rotatable bonds is 6. The molecule has 0 aromatic heterocycles. The Morgan fingerprint density at radius 3 is 2.19 bits per heavy atom. The molecule has 0 saturated carbocycles. The van der Waals surface area contributed by atoms with Gasteiger partial charge in [0, 0.05) is 30.0 Å². The Hall–Kier alpha value is -2.00. The van der Waals surface area contributed by atoms with Crippen LogP contribution in [0.5, 0.6) is 0 Å². The van der Waals surface area contributed by atoms with E-state index in [-0.39, 0.29) is 0 Å². The molecular formula is C23H34N3+. The van der Waals surface area contributed by atoms with Gasteiger partial charge in [-0.05, 0) is 57.0 Å². The summed E-state index contributed by atoms with van der Waals surface area (Å²) >= 11 is 0. The van der Waals surface area contributed by atoms with Crippen molar-refractivity contribution in [2.45, 2.75) is 34.2 Å². The van der Waals surface area contributed by atoms with Crippen LogP contribution in [0.25, 0.3) is 0 Å². The van der Waals surface area contributed by atoms with Crippen molar-refractivity contribution in [2.75, 3.05) is 49.1 Å². The summed E-state index contributed by atoms with van der Waals surface area (Å²) in [5.74, 6) is 0. The Balaban J connectivity index is 1.56. The fraction of sp³-hybridized carbons (Fsp3) is 0.478. The molecule has 1 heterocycles. The van der Waals surface area contributed by atoms with Gasteiger partial charge in [-0.15, -0.1) is 0 Å². The fourth-order valence-electron chi connectivity index (χ4n) is 4.02. The van der Waals surface area contributed by atoms with Crippen molar-refractivity contribution in [1.29, 1.82) is 0 Å². The van der Waals surface area contributed by atoms with E-state index in [4.69, 9.17) is 0 Å². The van der Waals surface area contributed by atoms with E-state index < -0.39 is 0 Å². The molecule has 2 aromatic carbocycles. The van der Waals surface area contributed by atoms with Crippen LogP contribution in [-0.4, -0.2) is 39.3 Å². The molecule has 3 nitrogen and oxygen atoms in total. The minimum absolute atomic E-state index is 1.07. The van der Waals surface area contributed by atoms with Crippen LogP contribution in [0.15, 0.2) is 42.5 Å². The number of nitrogens with one attached hydrogen (secondary N) is 1. The first-order chi connectivity index (χ1) is 12.6. The maximum atomic E-state index is 2.56. The Morgan fingerprint density at radius 2 is 1.58 bits per heavy atom. The third-order valence-corrected chi connectivity index (χ3v) is 5.91. The topological polar surface area (TPSA) is 10.9 Å². The van der Waals surface area contributed by atoms with E-state index in [1.807, 2.05) is 0 Å². The summed E-state index contributed by atoms with van der Waals surface area (Å²) < 4.78 is 0. The first-order valence-corrected chi connectivity index (χ1v) is 10.1. The van der Waals surface area contributed by atoms with Gasteiger partial charge in [-0.25, -0.2) is 0 Å². The molecule has 2 aromatic rings. The number of quaternary nitrogens is 1. The molecule has 3 heteroatoms. The molecule has 0 spiro atoms. The largest absolute Gasteiger partial charge is 0.372 e. The maximum Gasteiger partial charge on any atom is 0.103 e. The molecule has 0 aliphatic carbocycles. The summed E-state index contributed by atoms with van der Waals surface area (Å²) in [7, 11) is 0. The van der Waals surface area contributed by atoms with Crippen LogP contribution in [0.1, 0.15) is 30.5 Å². The number of hydrogen-bond donors (Lipinski definition) is 1. The molecule has 140 valence electrons. The quantitative estimate of drug-likeness (QED) is 0.857. The number of benzene rings is 2. The molecule has 1 fully saturated rings. The van der Waals surface area contributed by atoms with Crippen LogP contribution >= 0.6 is 0 Å². The highest BCUT2D eigenvalue weighted by Gasteiger charge is 2.21. The van der Waals surface area contributed by atoms with Crippen LogP contribution in [-0.2, 0) is 6.54 Å². The van der Waals surface area contributed by atoms with Gasteiger partial charge >= 0.3 is 0 Å². The molecule has 0 amide bonds. The van der Waals surface area contributed by atoms with Gasteiger partial charge in [0.25, 0.3) is 0 Å². The van der Waals surface area contributed by atoms with E-state index in [1.54, 1.807) is 4.90 Å². The summed E-state index contributed by atoms with van der Waals surface area (Å²) in [6.07, 6.45) is 0. The van der Waals surface area contributed by atoms with E-state index in [1.165, 1.54) is 41.2 Å². The second kappa shape index (κ2) is 8.59. The summed E-state index contributed by atoms with van der Waals surface area (Å²) in [6, 6.07) is 15.9. The summed E-state index contributed by atoms with van der Waals surface area (Å²) in [4.78, 5) is 6.66. The maximum absolute atomic E-state index is 2.56. The number of aryl methyl sites for hydroxylation is 1. The van der Waals surface area contributed by atoms with Crippen LogP contribution in [0, 0.1) is 13.8 Å². The summed E-state index contributed by atoms with van der Waals surface area (Å²) in [5.41, 5.74) is 7.05. The number of piperazine rings is 1. The first kappa shape index (κ1) is 18.8. The average Bonchev–Trinajstić information content (AvgIpc) is 2.67. The molecule has 1 aliphatic rings. The highest BCUT2D eigenvalue weighted by atomic mass is 15.3. The smallest absolute Gasteiger partial charge is 0.103 e. The number of hydrogen-bond acceptors (Lipinski definition) is 2. The van der Waals surface area contributed by atoms with Crippen LogP contribution < -0.4 is 14.7 Å². The van der Waals surface area contributed by atoms with Gasteiger partial charge in [0.1, 0.15) is 6.54 Å². The molecule has 26 heavy (non-hydrogen) atoms. The molecular weight excluding hydrogens is 318 g/mol. The predicted octanol–water partition coefficient (Wildman–Crippen LogP) is 3.05. The van der Waals surface area contributed by atoms with Gasteiger partial charge in [-0.3, -0.25) is 0 Å². The lowest BCUT2D eigenvalue weighted by molar-refractivity contribution is -0.914. The van der Waals surface area contributed by atoms with Gasteiger partial charge in [-0.1, -0.05) is 24.3 Å². The standard InChI is InChI=1S/C23H33N3/c1-5-25(6-2)22-12-10-21(11-13-22)18-24-14-16-26(17-15-24)23-9-7-8-19(3)20(23)4/h7-13H,5-6,14-18H2,1-4H3/p+1. The minimum Gasteiger partial charge on any atom is -0.372 e. The molecule has 0 radical (unpaired) electrons. The van der Waals surface area contributed by atoms with Crippen molar-refractivity contribution in [3.8, 4) is 0 Å². The van der Waals surface area contributed by atoms with Gasteiger partial charge in [0.05, 0.1) is 26.2 Å². The molecule has 0 atom stereocenters. The third kappa shape index (κ3) is 4.21. The normalized spacial score (nSPS) is 15.3. The fourth-order valence-corrected chi connectivity index (χ4v) is 4.02. The highest BCUT2D eigenvalue weighted by molar-refractivity contribution is 5.56. The van der Waals surface area contributed by atoms with Gasteiger partial charge in [0.2, 0.25) is 0 Å². The van der Waals surface area contributed by atoms with E-state index in [9.17, 15) is 0 Å². The Morgan fingerprint density at radius 1 is 0.923 bits per heavy atom. The number of nitrogens with zero attached hydrogens (tertiary/aromatic N) is 2. The lowest BCUT2D eigenvalue weighted by Crippen LogP contribution is -3.13. The molecule has 0 unspecified atom stereocenters. The summed E-state index contributed by atoms with van der Waals surface area (Å²) in [6.45, 7) is 16.9. The van der Waals surface area contributed by atoms with Crippen molar-refractivity contribution in [3.05, 3.63) is 59.2 Å². The molecule has 1 saturated heterocycles. The Bertz CT molecular complexity index is 696. The zero-order valence-corrected chi connectivity index (χ0v) is 16.9. The zero-order valence-electron chi connectivity index (χ0n) is 16.9. The van der Waals surface area contributed by atoms with E-state index in [0.717, 1.165) is 32.7 Å². The third-order valence-electron chi connectivity index (χ3n) is 5.91. The second-order valence-electron chi connectivity index (χ2n) is 7.47. The van der Waals surface area contributed by atoms with E-state index in [0.29, 0.717) is 0 Å². The van der Waals surface area contributed by atoms with Crippen LogP contribution in [0.2, 0.25) is 0 Å². The molecule has 1 aliphatic heterocycles. The van der Waals surface area contributed by atoms with Crippen molar-refractivity contribution in [1.82, 2.24) is 0 Å². The van der Waals surface area contributed by atoms with Crippen molar-refractivity contribution in [3.63, 3.8) is 0 Å². The zero-order chi connectivity index (χ0) is 18.5.